The fourth-order valence-corrected chi connectivity index (χ4v) is 13.3. The van der Waals surface area contributed by atoms with Crippen LogP contribution in [-0.2, 0) is 36.0 Å². The Morgan fingerprint density at radius 1 is 0.831 bits per heavy atom. The van der Waals surface area contributed by atoms with Crippen LogP contribution in [-0.4, -0.2) is 213 Å². The molecule has 6 aromatic rings. The first-order valence-corrected chi connectivity index (χ1v) is 32.3. The van der Waals surface area contributed by atoms with E-state index < -0.39 is 32.3 Å². The minimum atomic E-state index is -3.83. The number of sulfone groups is 1. The molecule has 0 radical (unpaired) electrons. The first kappa shape index (κ1) is 64.4. The van der Waals surface area contributed by atoms with Crippen LogP contribution in [0.15, 0.2) is 72.3 Å². The van der Waals surface area contributed by atoms with Crippen LogP contribution in [0.25, 0.3) is 10.9 Å². The molecule has 0 bridgehead atoms. The number of aromatic amines is 1. The van der Waals surface area contributed by atoms with E-state index in [0.29, 0.717) is 113 Å². The van der Waals surface area contributed by atoms with Crippen LogP contribution in [0.3, 0.4) is 0 Å². The predicted molar refractivity (Wildman–Crippen MR) is 338 cm³/mol. The molecule has 23 nitrogen and oxygen atoms in total. The van der Waals surface area contributed by atoms with Crippen molar-refractivity contribution in [3.8, 4) is 11.5 Å². The molecular formula is C64H86FN15O8S. The summed E-state index contributed by atoms with van der Waals surface area (Å²) in [4.78, 5) is 79.8. The number of ether oxygens (including phenoxy) is 3. The molecule has 0 aliphatic carbocycles. The topological polar surface area (TPSA) is 241 Å². The molecule has 89 heavy (non-hydrogen) atoms. The summed E-state index contributed by atoms with van der Waals surface area (Å²) in [5, 5.41) is 11.0. The smallest absolute Gasteiger partial charge is 0.410 e. The molecule has 4 aliphatic rings. The highest BCUT2D eigenvalue weighted by Gasteiger charge is 2.44. The molecule has 2 aromatic carbocycles. The molecule has 25 heteroatoms. The van der Waals surface area contributed by atoms with Crippen molar-refractivity contribution in [2.24, 2.45) is 0 Å². The van der Waals surface area contributed by atoms with Crippen LogP contribution < -0.4 is 24.6 Å². The van der Waals surface area contributed by atoms with Crippen LogP contribution in [0.2, 0.25) is 0 Å². The van der Waals surface area contributed by atoms with Crippen molar-refractivity contribution in [1.29, 1.82) is 0 Å². The van der Waals surface area contributed by atoms with Gasteiger partial charge in [-0.15, -0.1) is 0 Å². The highest BCUT2D eigenvalue weighted by molar-refractivity contribution is 7.92. The van der Waals surface area contributed by atoms with Crippen molar-refractivity contribution in [2.45, 2.75) is 135 Å². The van der Waals surface area contributed by atoms with Gasteiger partial charge in [-0.25, -0.2) is 37.5 Å². The van der Waals surface area contributed by atoms with Crippen molar-refractivity contribution in [3.63, 3.8) is 0 Å². The number of nitrogens with one attached hydrogen (secondary N) is 2. The van der Waals surface area contributed by atoms with E-state index in [4.69, 9.17) is 19.2 Å². The summed E-state index contributed by atoms with van der Waals surface area (Å²) in [7, 11) is -3.83. The minimum Gasteiger partial charge on any atom is -0.492 e. The Bertz CT molecular complexity index is 3640. The first-order chi connectivity index (χ1) is 42.1. The van der Waals surface area contributed by atoms with Crippen molar-refractivity contribution >= 4 is 61.9 Å². The Hall–Kier alpha value is -7.61. The van der Waals surface area contributed by atoms with Gasteiger partial charge < -0.3 is 39.1 Å². The number of fused-ring (bicyclic) bond motifs is 2. The van der Waals surface area contributed by atoms with Crippen LogP contribution >= 0.6 is 0 Å². The summed E-state index contributed by atoms with van der Waals surface area (Å²) >= 11 is 0. The number of rotatable bonds is 19. The molecule has 478 valence electrons. The van der Waals surface area contributed by atoms with Gasteiger partial charge in [0, 0.05) is 113 Å². The number of H-pyrrole nitrogens is 1. The number of hydrogen-bond donors (Lipinski definition) is 2. The summed E-state index contributed by atoms with van der Waals surface area (Å²) in [5.74, 6) is 2.06. The second kappa shape index (κ2) is 26.1. The number of amides is 3. The van der Waals surface area contributed by atoms with Crippen molar-refractivity contribution in [3.05, 3.63) is 101 Å². The Balaban J connectivity index is 0.697. The Kier molecular flexibility index (Phi) is 18.9. The van der Waals surface area contributed by atoms with Crippen molar-refractivity contribution in [2.75, 3.05) is 113 Å². The van der Waals surface area contributed by atoms with Crippen molar-refractivity contribution in [1.82, 2.24) is 59.6 Å². The van der Waals surface area contributed by atoms with Gasteiger partial charge in [-0.3, -0.25) is 34.4 Å². The van der Waals surface area contributed by atoms with Crippen LogP contribution in [0.5, 0.6) is 11.5 Å². The van der Waals surface area contributed by atoms with Gasteiger partial charge in [0.2, 0.25) is 17.8 Å². The maximum atomic E-state index is 14.6. The molecule has 4 aliphatic heterocycles. The lowest BCUT2D eigenvalue weighted by atomic mass is 9.91. The van der Waals surface area contributed by atoms with Gasteiger partial charge in [0.1, 0.15) is 46.6 Å². The fraction of sp³-hybridized carbons (Fsp3) is 0.547. The van der Waals surface area contributed by atoms with Gasteiger partial charge in [-0.05, 0) is 117 Å². The summed E-state index contributed by atoms with van der Waals surface area (Å²) in [6, 6.07) is 10.7. The van der Waals surface area contributed by atoms with Gasteiger partial charge in [-0.1, -0.05) is 26.0 Å². The van der Waals surface area contributed by atoms with E-state index in [1.165, 1.54) is 18.5 Å². The second-order valence-electron chi connectivity index (χ2n) is 26.6. The maximum Gasteiger partial charge on any atom is 0.410 e. The number of halogens is 1. The largest absolute Gasteiger partial charge is 0.492 e. The molecule has 2 N–H and O–H groups in total. The quantitative estimate of drug-likeness (QED) is 0.0754. The van der Waals surface area contributed by atoms with Crippen molar-refractivity contribution < 1.29 is 41.4 Å². The number of aromatic nitrogens is 7. The van der Waals surface area contributed by atoms with E-state index in [2.05, 4.69) is 68.9 Å². The van der Waals surface area contributed by atoms with E-state index in [1.54, 1.807) is 62.3 Å². The van der Waals surface area contributed by atoms with Crippen LogP contribution in [0, 0.1) is 19.7 Å². The SMILES string of the molecule is Cc1n[nH]c(Nc2ncnc3cc(OCCCN4CCN(c5ncc(OCCN6CCN(C[C@H]7CN(C(=O)OC(C)(C)C)[C@H](C)CN7CC(=O)N7CC(C)(C)c8ncc(Cc9ccc(F)cc9)cc87)[C@H](C)C6=O)cn5)CC4)c(S(=O)(=O)C(C)(C)C)cc23)c1C. The Labute approximate surface area is 521 Å². The standard InChI is InChI=1S/C64H86FN15O8S/c1-41-35-78(38-55(81)80-39-64(11,12)56-52(80)29-46(32-66-56)28-45-14-16-47(65)17-15-45)48(37-79(41)61(83)88-62(5,6)7)36-77-24-23-75(59(82)44(77)4)25-27-86-49-33-67-60(68-34-49)76-21-19-74(20-22-76)18-13-26-87-53-31-51-50(30-54(53)89(84,85)63(8,9)10)58(70-40-69-51)71-57-42(2)43(3)72-73-57/h14-17,29-34,40-41,44,48H,13,18-28,35-39H2,1-12H3,(H2,69,70,71,72,73)/t41-,44-,48+/m1/s1. The van der Waals surface area contributed by atoms with E-state index in [9.17, 15) is 27.2 Å². The zero-order valence-electron chi connectivity index (χ0n) is 53.5. The van der Waals surface area contributed by atoms with E-state index >= 15 is 0 Å². The van der Waals surface area contributed by atoms with Gasteiger partial charge >= 0.3 is 6.09 Å². The molecule has 4 aromatic heterocycles. The molecule has 10 rings (SSSR count). The maximum absolute atomic E-state index is 14.6. The van der Waals surface area contributed by atoms with Crippen LogP contribution in [0.1, 0.15) is 104 Å². The molecule has 3 atom stereocenters. The normalized spacial score (nSPS) is 19.7. The van der Waals surface area contributed by atoms with E-state index in [0.717, 1.165) is 53.4 Å². The number of aryl methyl sites for hydroxylation is 1. The van der Waals surface area contributed by atoms with E-state index in [1.807, 2.05) is 70.5 Å². The van der Waals surface area contributed by atoms with Gasteiger partial charge in [-0.2, -0.15) is 5.10 Å². The number of carbonyl (C=O) groups excluding carboxylic acids is 3. The highest BCUT2D eigenvalue weighted by Crippen LogP contribution is 2.41. The van der Waals surface area contributed by atoms with Gasteiger partial charge in [0.05, 0.1) is 65.5 Å². The fourth-order valence-electron chi connectivity index (χ4n) is 12.0. The number of benzene rings is 2. The predicted octanol–water partition coefficient (Wildman–Crippen LogP) is 7.34. The summed E-state index contributed by atoms with van der Waals surface area (Å²) in [6.45, 7) is 29.9. The monoisotopic (exact) mass is 1240 g/mol. The summed E-state index contributed by atoms with van der Waals surface area (Å²) < 4.78 is 58.9. The van der Waals surface area contributed by atoms with Gasteiger partial charge in [0.15, 0.2) is 15.6 Å². The molecule has 8 heterocycles. The number of anilines is 4. The Morgan fingerprint density at radius 2 is 1.56 bits per heavy atom. The number of piperazine rings is 3. The first-order valence-electron chi connectivity index (χ1n) is 30.8. The third-order valence-electron chi connectivity index (χ3n) is 17.3. The van der Waals surface area contributed by atoms with Gasteiger partial charge in [0.25, 0.3) is 0 Å². The second-order valence-corrected chi connectivity index (χ2v) is 29.3. The zero-order valence-corrected chi connectivity index (χ0v) is 54.3. The third kappa shape index (κ3) is 14.7. The number of carbonyl (C=O) groups is 3. The molecule has 3 amide bonds. The molecular weight excluding hydrogens is 1160 g/mol. The lowest BCUT2D eigenvalue weighted by Gasteiger charge is -2.48. The lowest BCUT2D eigenvalue weighted by Crippen LogP contribution is -2.65. The van der Waals surface area contributed by atoms with Crippen LogP contribution in [0.4, 0.5) is 32.5 Å². The average molecular weight is 1240 g/mol. The zero-order chi connectivity index (χ0) is 63.7. The summed E-state index contributed by atoms with van der Waals surface area (Å²) in [6.07, 6.45) is 7.40. The number of nitrogens with zero attached hydrogens (tertiary/aromatic N) is 13. The number of hydrogen-bond acceptors (Lipinski definition) is 19. The average Bonchev–Trinajstić information content (AvgIpc) is 1.76. The third-order valence-corrected chi connectivity index (χ3v) is 19.9. The molecule has 0 saturated carbocycles. The lowest BCUT2D eigenvalue weighted by molar-refractivity contribution is -0.142. The Morgan fingerprint density at radius 3 is 2.25 bits per heavy atom. The minimum absolute atomic E-state index is 0.0330. The number of pyridine rings is 1. The molecule has 0 unspecified atom stereocenters. The molecule has 3 saturated heterocycles. The highest BCUT2D eigenvalue weighted by atomic mass is 32.2. The summed E-state index contributed by atoms with van der Waals surface area (Å²) in [5.41, 5.74) is 4.70. The molecule has 3 fully saturated rings. The molecule has 0 spiro atoms. The van der Waals surface area contributed by atoms with E-state index in [-0.39, 0.29) is 58.9 Å².